The molecule has 0 spiro atoms. The predicted octanol–water partition coefficient (Wildman–Crippen LogP) is 4.40. The highest BCUT2D eigenvalue weighted by atomic mass is 16.1. The molecular formula is C23H23N3O. The third-order valence-corrected chi connectivity index (χ3v) is 5.26. The van der Waals surface area contributed by atoms with E-state index in [-0.39, 0.29) is 5.78 Å². The molecule has 4 rings (SSSR count). The average Bonchev–Trinajstić information content (AvgIpc) is 2.74. The highest BCUT2D eigenvalue weighted by Crippen LogP contribution is 2.31. The maximum atomic E-state index is 12.7. The lowest BCUT2D eigenvalue weighted by atomic mass is 9.88. The Bertz CT molecular complexity index is 939. The van der Waals surface area contributed by atoms with E-state index in [0.29, 0.717) is 17.2 Å². The Balaban J connectivity index is 1.57. The minimum Gasteiger partial charge on any atom is -0.356 e. The molecule has 1 aromatic carbocycles. The third-order valence-electron chi connectivity index (χ3n) is 5.26. The van der Waals surface area contributed by atoms with Crippen LogP contribution < -0.4 is 4.90 Å². The molecule has 3 heterocycles. The summed E-state index contributed by atoms with van der Waals surface area (Å²) in [6, 6.07) is 17.9. The number of piperidine rings is 1. The molecule has 0 N–H and O–H groups in total. The lowest BCUT2D eigenvalue weighted by molar-refractivity contribution is 0.103. The van der Waals surface area contributed by atoms with Crippen molar-refractivity contribution in [2.75, 3.05) is 18.0 Å². The molecule has 1 atom stereocenters. The van der Waals surface area contributed by atoms with Gasteiger partial charge in [-0.15, -0.1) is 0 Å². The molecule has 4 nitrogen and oxygen atoms in total. The van der Waals surface area contributed by atoms with Gasteiger partial charge in [0.15, 0.2) is 0 Å². The van der Waals surface area contributed by atoms with E-state index in [9.17, 15) is 4.79 Å². The number of rotatable bonds is 4. The first kappa shape index (κ1) is 17.4. The number of carbonyl (C=O) groups excluding carboxylic acids is 1. The van der Waals surface area contributed by atoms with Crippen LogP contribution >= 0.6 is 0 Å². The van der Waals surface area contributed by atoms with Gasteiger partial charge in [-0.25, -0.2) is 4.98 Å². The normalized spacial score (nSPS) is 16.9. The molecule has 0 amide bonds. The minimum absolute atomic E-state index is 0.0857. The van der Waals surface area contributed by atoms with E-state index >= 15 is 0 Å². The van der Waals surface area contributed by atoms with Gasteiger partial charge in [-0.3, -0.25) is 9.78 Å². The first-order valence-electron chi connectivity index (χ1n) is 9.44. The van der Waals surface area contributed by atoms with Crippen LogP contribution in [-0.4, -0.2) is 28.8 Å². The quantitative estimate of drug-likeness (QED) is 0.649. The van der Waals surface area contributed by atoms with Crippen LogP contribution in [-0.2, 0) is 0 Å². The molecule has 2 aromatic heterocycles. The molecule has 3 aromatic rings. The summed E-state index contributed by atoms with van der Waals surface area (Å²) in [5.74, 6) is 1.29. The molecule has 1 aliphatic rings. The van der Waals surface area contributed by atoms with E-state index in [1.165, 1.54) is 17.5 Å². The van der Waals surface area contributed by atoms with Gasteiger partial charge < -0.3 is 4.90 Å². The molecule has 1 saturated heterocycles. The van der Waals surface area contributed by atoms with Crippen molar-refractivity contribution in [1.29, 1.82) is 0 Å². The van der Waals surface area contributed by atoms with Crippen molar-refractivity contribution in [2.45, 2.75) is 25.7 Å². The van der Waals surface area contributed by atoms with Gasteiger partial charge in [0, 0.05) is 37.0 Å². The summed E-state index contributed by atoms with van der Waals surface area (Å²) >= 11 is 0. The summed E-state index contributed by atoms with van der Waals surface area (Å²) in [5, 5.41) is 0. The van der Waals surface area contributed by atoms with Crippen LogP contribution in [0.15, 0.2) is 67.0 Å². The molecular weight excluding hydrogens is 334 g/mol. The van der Waals surface area contributed by atoms with E-state index in [4.69, 9.17) is 0 Å². The lowest BCUT2D eigenvalue weighted by Gasteiger charge is -2.34. The maximum Gasteiger partial charge on any atom is 0.212 e. The van der Waals surface area contributed by atoms with Gasteiger partial charge in [-0.05, 0) is 55.2 Å². The summed E-state index contributed by atoms with van der Waals surface area (Å²) in [5.41, 5.74) is 3.81. The van der Waals surface area contributed by atoms with Crippen molar-refractivity contribution in [3.63, 3.8) is 0 Å². The summed E-state index contributed by atoms with van der Waals surface area (Å²) in [7, 11) is 0. The van der Waals surface area contributed by atoms with Gasteiger partial charge in [0.2, 0.25) is 5.78 Å². The highest BCUT2D eigenvalue weighted by Gasteiger charge is 2.24. The number of pyridine rings is 2. The number of nitrogens with zero attached hydrogens (tertiary/aromatic N) is 3. The summed E-state index contributed by atoms with van der Waals surface area (Å²) < 4.78 is 0. The van der Waals surface area contributed by atoms with Crippen LogP contribution in [0.25, 0.3) is 0 Å². The molecule has 27 heavy (non-hydrogen) atoms. The van der Waals surface area contributed by atoms with Crippen LogP contribution in [0, 0.1) is 6.92 Å². The fourth-order valence-electron chi connectivity index (χ4n) is 3.85. The number of anilines is 1. The van der Waals surface area contributed by atoms with Gasteiger partial charge in [0.1, 0.15) is 11.5 Å². The molecule has 0 aliphatic carbocycles. The van der Waals surface area contributed by atoms with Gasteiger partial charge in [0.25, 0.3) is 0 Å². The topological polar surface area (TPSA) is 46.1 Å². The standard InChI is InChI=1S/C23H23N3O/c1-17-7-2-3-10-20(17)19-9-6-14-26(16-19)22-12-4-11-21(25-22)23(27)18-8-5-13-24-15-18/h2-5,7-8,10-13,15,19H,6,9,14,16H2,1H3. The van der Waals surface area contributed by atoms with Crippen LogP contribution in [0.5, 0.6) is 0 Å². The Labute approximate surface area is 159 Å². The number of ketones is 1. The largest absolute Gasteiger partial charge is 0.356 e. The Hall–Kier alpha value is -3.01. The summed E-state index contributed by atoms with van der Waals surface area (Å²) in [6.07, 6.45) is 5.57. The van der Waals surface area contributed by atoms with E-state index in [0.717, 1.165) is 25.3 Å². The molecule has 0 saturated carbocycles. The number of aryl methyl sites for hydroxylation is 1. The van der Waals surface area contributed by atoms with Crippen LogP contribution in [0.4, 0.5) is 5.82 Å². The Morgan fingerprint density at radius 3 is 2.78 bits per heavy atom. The highest BCUT2D eigenvalue weighted by molar-refractivity contribution is 6.07. The zero-order valence-electron chi connectivity index (χ0n) is 15.5. The van der Waals surface area contributed by atoms with E-state index in [1.807, 2.05) is 12.1 Å². The fourth-order valence-corrected chi connectivity index (χ4v) is 3.85. The van der Waals surface area contributed by atoms with Crippen molar-refractivity contribution >= 4 is 11.6 Å². The van der Waals surface area contributed by atoms with E-state index < -0.39 is 0 Å². The molecule has 1 fully saturated rings. The zero-order chi connectivity index (χ0) is 18.6. The number of benzene rings is 1. The van der Waals surface area contributed by atoms with E-state index in [2.05, 4.69) is 46.1 Å². The molecule has 0 bridgehead atoms. The van der Waals surface area contributed by atoms with Crippen molar-refractivity contribution in [3.05, 3.63) is 89.4 Å². The molecule has 1 unspecified atom stereocenters. The molecule has 4 heteroatoms. The van der Waals surface area contributed by atoms with E-state index in [1.54, 1.807) is 30.6 Å². The third kappa shape index (κ3) is 3.75. The van der Waals surface area contributed by atoms with Crippen LogP contribution in [0.2, 0.25) is 0 Å². The number of aromatic nitrogens is 2. The molecule has 1 aliphatic heterocycles. The van der Waals surface area contributed by atoms with Crippen molar-refractivity contribution < 1.29 is 4.79 Å². The smallest absolute Gasteiger partial charge is 0.212 e. The first-order valence-corrected chi connectivity index (χ1v) is 9.44. The fraction of sp³-hybridized carbons (Fsp3) is 0.261. The average molecular weight is 357 g/mol. The van der Waals surface area contributed by atoms with Gasteiger partial charge in [-0.2, -0.15) is 0 Å². The summed E-state index contributed by atoms with van der Waals surface area (Å²) in [4.78, 5) is 23.7. The second kappa shape index (κ2) is 7.70. The number of hydrogen-bond acceptors (Lipinski definition) is 4. The summed E-state index contributed by atoms with van der Waals surface area (Å²) in [6.45, 7) is 4.09. The first-order chi connectivity index (χ1) is 13.2. The van der Waals surface area contributed by atoms with Crippen LogP contribution in [0.1, 0.15) is 45.9 Å². The maximum absolute atomic E-state index is 12.7. The Morgan fingerprint density at radius 1 is 1.07 bits per heavy atom. The van der Waals surface area contributed by atoms with Crippen molar-refractivity contribution in [2.24, 2.45) is 0 Å². The van der Waals surface area contributed by atoms with Crippen molar-refractivity contribution in [1.82, 2.24) is 9.97 Å². The predicted molar refractivity (Wildman–Crippen MR) is 107 cm³/mol. The number of hydrogen-bond donors (Lipinski definition) is 0. The monoisotopic (exact) mass is 357 g/mol. The Morgan fingerprint density at radius 2 is 1.96 bits per heavy atom. The van der Waals surface area contributed by atoms with Gasteiger partial charge in [-0.1, -0.05) is 30.3 Å². The minimum atomic E-state index is -0.0857. The van der Waals surface area contributed by atoms with Crippen molar-refractivity contribution in [3.8, 4) is 0 Å². The zero-order valence-corrected chi connectivity index (χ0v) is 15.5. The van der Waals surface area contributed by atoms with Gasteiger partial charge >= 0.3 is 0 Å². The second-order valence-electron chi connectivity index (χ2n) is 7.09. The number of carbonyl (C=O) groups is 1. The molecule has 136 valence electrons. The second-order valence-corrected chi connectivity index (χ2v) is 7.09. The SMILES string of the molecule is Cc1ccccc1C1CCCN(c2cccc(C(=O)c3cccnc3)n2)C1. The lowest BCUT2D eigenvalue weighted by Crippen LogP contribution is -2.35. The molecule has 0 radical (unpaired) electrons. The Kier molecular flexibility index (Phi) is 4.97. The van der Waals surface area contributed by atoms with Crippen LogP contribution in [0.3, 0.4) is 0 Å². The van der Waals surface area contributed by atoms with Gasteiger partial charge in [0.05, 0.1) is 0 Å².